The van der Waals surface area contributed by atoms with Gasteiger partial charge in [0.15, 0.2) is 5.78 Å². The Labute approximate surface area is 95.4 Å². The lowest BCUT2D eigenvalue weighted by Gasteiger charge is -2.21. The molecule has 0 aromatic heterocycles. The summed E-state index contributed by atoms with van der Waals surface area (Å²) in [4.78, 5) is 22.7. The molecule has 0 saturated carbocycles. The van der Waals surface area contributed by atoms with Gasteiger partial charge < -0.3 is 4.74 Å². The molecule has 0 N–H and O–H groups in total. The summed E-state index contributed by atoms with van der Waals surface area (Å²) < 4.78 is 4.74. The number of Topliss-reactive ketones (excluding diaryl/α,β-unsaturated/α-hetero) is 1. The first-order valence-corrected chi connectivity index (χ1v) is 5.09. The van der Waals surface area contributed by atoms with Crippen molar-refractivity contribution in [2.75, 3.05) is 7.11 Å². The number of rotatable bonds is 3. The second kappa shape index (κ2) is 4.47. The molecule has 1 aromatic carbocycles. The first-order valence-electron chi connectivity index (χ1n) is 5.09. The van der Waals surface area contributed by atoms with Crippen LogP contribution in [-0.4, -0.2) is 18.9 Å². The third-order valence-electron chi connectivity index (χ3n) is 2.71. The van der Waals surface area contributed by atoms with Crippen LogP contribution in [0.4, 0.5) is 0 Å². The predicted octanol–water partition coefficient (Wildman–Crippen LogP) is 2.34. The molecule has 0 spiro atoms. The van der Waals surface area contributed by atoms with E-state index in [1.54, 1.807) is 38.1 Å². The SMILES string of the molecule is COC(=O)C(C)(C)c1ccc(C(C)=O)cc1. The Morgan fingerprint density at radius 3 is 2.00 bits per heavy atom. The normalized spacial score (nSPS) is 11.0. The molecule has 0 atom stereocenters. The highest BCUT2D eigenvalue weighted by Gasteiger charge is 2.30. The quantitative estimate of drug-likeness (QED) is 0.580. The van der Waals surface area contributed by atoms with Crippen molar-refractivity contribution in [3.8, 4) is 0 Å². The zero-order valence-corrected chi connectivity index (χ0v) is 10.0. The van der Waals surface area contributed by atoms with Crippen LogP contribution in [0.1, 0.15) is 36.7 Å². The van der Waals surface area contributed by atoms with Gasteiger partial charge in [-0.15, -0.1) is 0 Å². The van der Waals surface area contributed by atoms with Crippen molar-refractivity contribution in [1.29, 1.82) is 0 Å². The van der Waals surface area contributed by atoms with Gasteiger partial charge in [0, 0.05) is 5.56 Å². The maximum absolute atomic E-state index is 11.6. The Morgan fingerprint density at radius 1 is 1.12 bits per heavy atom. The van der Waals surface area contributed by atoms with Gasteiger partial charge in [0.2, 0.25) is 0 Å². The molecule has 0 bridgehead atoms. The van der Waals surface area contributed by atoms with Crippen LogP contribution in [-0.2, 0) is 14.9 Å². The second-order valence-electron chi connectivity index (χ2n) is 4.25. The highest BCUT2D eigenvalue weighted by molar-refractivity contribution is 5.94. The molecular weight excluding hydrogens is 204 g/mol. The van der Waals surface area contributed by atoms with Crippen molar-refractivity contribution in [2.45, 2.75) is 26.2 Å². The van der Waals surface area contributed by atoms with Crippen molar-refractivity contribution >= 4 is 11.8 Å². The van der Waals surface area contributed by atoms with Crippen LogP contribution < -0.4 is 0 Å². The van der Waals surface area contributed by atoms with E-state index in [0.717, 1.165) is 5.56 Å². The minimum atomic E-state index is -0.690. The molecule has 0 aliphatic heterocycles. The summed E-state index contributed by atoms with van der Waals surface area (Å²) in [5.74, 6) is -0.273. The third-order valence-corrected chi connectivity index (χ3v) is 2.71. The molecule has 0 aliphatic rings. The Kier molecular flexibility index (Phi) is 3.48. The molecule has 0 amide bonds. The Hall–Kier alpha value is -1.64. The van der Waals surface area contributed by atoms with Crippen LogP contribution >= 0.6 is 0 Å². The van der Waals surface area contributed by atoms with Crippen molar-refractivity contribution in [1.82, 2.24) is 0 Å². The van der Waals surface area contributed by atoms with Gasteiger partial charge in [0.05, 0.1) is 12.5 Å². The Balaban J connectivity index is 3.06. The molecule has 0 radical (unpaired) electrons. The first-order chi connectivity index (χ1) is 7.39. The number of ether oxygens (including phenoxy) is 1. The van der Waals surface area contributed by atoms with Crippen molar-refractivity contribution in [2.24, 2.45) is 0 Å². The van der Waals surface area contributed by atoms with Gasteiger partial charge in [-0.3, -0.25) is 9.59 Å². The van der Waals surface area contributed by atoms with E-state index in [1.807, 2.05) is 0 Å². The Morgan fingerprint density at radius 2 is 1.62 bits per heavy atom. The molecule has 3 nitrogen and oxygen atoms in total. The second-order valence-corrected chi connectivity index (χ2v) is 4.25. The molecule has 0 saturated heterocycles. The van der Waals surface area contributed by atoms with Gasteiger partial charge in [0.1, 0.15) is 0 Å². The van der Waals surface area contributed by atoms with Gasteiger partial charge in [-0.2, -0.15) is 0 Å². The number of ketones is 1. The molecule has 16 heavy (non-hydrogen) atoms. The lowest BCUT2D eigenvalue weighted by atomic mass is 9.84. The highest BCUT2D eigenvalue weighted by atomic mass is 16.5. The summed E-state index contributed by atoms with van der Waals surface area (Å²) in [5.41, 5.74) is 0.790. The molecule has 0 unspecified atom stereocenters. The highest BCUT2D eigenvalue weighted by Crippen LogP contribution is 2.24. The fourth-order valence-corrected chi connectivity index (χ4v) is 1.49. The summed E-state index contributed by atoms with van der Waals surface area (Å²) >= 11 is 0. The number of hydrogen-bond donors (Lipinski definition) is 0. The molecule has 86 valence electrons. The minimum Gasteiger partial charge on any atom is -0.468 e. The predicted molar refractivity (Wildman–Crippen MR) is 61.5 cm³/mol. The summed E-state index contributed by atoms with van der Waals surface area (Å²) in [6, 6.07) is 7.02. The largest absolute Gasteiger partial charge is 0.468 e. The summed E-state index contributed by atoms with van der Waals surface area (Å²) in [7, 11) is 1.37. The molecule has 0 fully saturated rings. The van der Waals surface area contributed by atoms with E-state index in [1.165, 1.54) is 14.0 Å². The van der Waals surface area contributed by atoms with E-state index in [4.69, 9.17) is 4.74 Å². The van der Waals surface area contributed by atoms with Crippen molar-refractivity contribution in [3.63, 3.8) is 0 Å². The van der Waals surface area contributed by atoms with E-state index in [-0.39, 0.29) is 11.8 Å². The van der Waals surface area contributed by atoms with Gasteiger partial charge in [0.25, 0.3) is 0 Å². The first kappa shape index (κ1) is 12.4. The summed E-state index contributed by atoms with van der Waals surface area (Å²) in [6.07, 6.45) is 0. The van der Waals surface area contributed by atoms with E-state index >= 15 is 0 Å². The monoisotopic (exact) mass is 220 g/mol. The van der Waals surface area contributed by atoms with E-state index < -0.39 is 5.41 Å². The lowest BCUT2D eigenvalue weighted by Crippen LogP contribution is -2.30. The average Bonchev–Trinajstić information content (AvgIpc) is 2.28. The number of esters is 1. The minimum absolute atomic E-state index is 0.0161. The number of benzene rings is 1. The molecule has 0 aliphatic carbocycles. The van der Waals surface area contributed by atoms with E-state index in [0.29, 0.717) is 5.56 Å². The molecule has 1 aromatic rings. The van der Waals surface area contributed by atoms with Crippen molar-refractivity contribution in [3.05, 3.63) is 35.4 Å². The van der Waals surface area contributed by atoms with Crippen LogP contribution in [0.15, 0.2) is 24.3 Å². The van der Waals surface area contributed by atoms with Gasteiger partial charge >= 0.3 is 5.97 Å². The number of methoxy groups -OCH3 is 1. The fraction of sp³-hybridized carbons (Fsp3) is 0.385. The van der Waals surface area contributed by atoms with Crippen molar-refractivity contribution < 1.29 is 14.3 Å². The molecular formula is C13H16O3. The zero-order chi connectivity index (χ0) is 12.3. The van der Waals surface area contributed by atoms with Gasteiger partial charge in [-0.25, -0.2) is 0 Å². The van der Waals surface area contributed by atoms with E-state index in [9.17, 15) is 9.59 Å². The zero-order valence-electron chi connectivity index (χ0n) is 10.0. The lowest BCUT2D eigenvalue weighted by molar-refractivity contribution is -0.146. The third kappa shape index (κ3) is 2.30. The molecule has 0 heterocycles. The molecule has 3 heteroatoms. The van der Waals surface area contributed by atoms with Crippen LogP contribution in [0.2, 0.25) is 0 Å². The van der Waals surface area contributed by atoms with Gasteiger partial charge in [-0.05, 0) is 26.3 Å². The van der Waals surface area contributed by atoms with Crippen LogP contribution in [0, 0.1) is 0 Å². The maximum atomic E-state index is 11.6. The Bertz CT molecular complexity index is 402. The van der Waals surface area contributed by atoms with Crippen LogP contribution in [0.3, 0.4) is 0 Å². The number of hydrogen-bond acceptors (Lipinski definition) is 3. The van der Waals surface area contributed by atoms with Crippen LogP contribution in [0.25, 0.3) is 0 Å². The van der Waals surface area contributed by atoms with E-state index in [2.05, 4.69) is 0 Å². The average molecular weight is 220 g/mol. The van der Waals surface area contributed by atoms with Gasteiger partial charge in [-0.1, -0.05) is 24.3 Å². The maximum Gasteiger partial charge on any atom is 0.315 e. The smallest absolute Gasteiger partial charge is 0.315 e. The summed E-state index contributed by atoms with van der Waals surface area (Å²) in [6.45, 7) is 5.10. The van der Waals surface area contributed by atoms with Crippen LogP contribution in [0.5, 0.6) is 0 Å². The standard InChI is InChI=1S/C13H16O3/c1-9(14)10-5-7-11(8-6-10)13(2,3)12(15)16-4/h5-8H,1-4H3. The molecule has 1 rings (SSSR count). The summed E-state index contributed by atoms with van der Waals surface area (Å²) in [5, 5.41) is 0. The number of carbonyl (C=O) groups is 2. The number of carbonyl (C=O) groups excluding carboxylic acids is 2. The fourth-order valence-electron chi connectivity index (χ4n) is 1.49. The topological polar surface area (TPSA) is 43.4 Å².